The molecule has 0 aliphatic heterocycles. The molecule has 9 heteroatoms. The second kappa shape index (κ2) is 12.4. The fraction of sp³-hybridized carbons (Fsp3) is 0.500. The van der Waals surface area contributed by atoms with Crippen LogP contribution in [0.5, 0.6) is 5.75 Å². The van der Waals surface area contributed by atoms with Crippen LogP contribution in [-0.4, -0.2) is 57.1 Å². The number of nitrogens with one attached hydrogen (secondary N) is 1. The Hall–Kier alpha value is -3.07. The van der Waals surface area contributed by atoms with Gasteiger partial charge in [-0.3, -0.25) is 13.9 Å². The summed E-state index contributed by atoms with van der Waals surface area (Å²) in [5.41, 5.74) is 2.98. The summed E-state index contributed by atoms with van der Waals surface area (Å²) >= 11 is 0. The highest BCUT2D eigenvalue weighted by molar-refractivity contribution is 7.92. The summed E-state index contributed by atoms with van der Waals surface area (Å²) in [6.45, 7) is 5.19. The van der Waals surface area contributed by atoms with Gasteiger partial charge in [-0.2, -0.15) is 0 Å². The molecule has 1 saturated carbocycles. The van der Waals surface area contributed by atoms with Crippen LogP contribution in [0.4, 0.5) is 5.69 Å². The Kier molecular flexibility index (Phi) is 9.59. The minimum absolute atomic E-state index is 0.101. The first-order valence-corrected chi connectivity index (χ1v) is 14.6. The van der Waals surface area contributed by atoms with Crippen molar-refractivity contribution in [3.63, 3.8) is 0 Å². The third-order valence-corrected chi connectivity index (χ3v) is 8.28. The summed E-state index contributed by atoms with van der Waals surface area (Å²) < 4.78 is 32.0. The van der Waals surface area contributed by atoms with Crippen molar-refractivity contribution in [3.05, 3.63) is 59.2 Å². The largest absolute Gasteiger partial charge is 0.497 e. The van der Waals surface area contributed by atoms with E-state index in [0.717, 1.165) is 52.9 Å². The number of rotatable bonds is 10. The number of carbonyl (C=O) groups is 2. The number of benzene rings is 2. The topological polar surface area (TPSA) is 96.0 Å². The van der Waals surface area contributed by atoms with Gasteiger partial charge < -0.3 is 15.0 Å². The molecule has 0 saturated heterocycles. The lowest BCUT2D eigenvalue weighted by Gasteiger charge is -2.33. The quantitative estimate of drug-likeness (QED) is 0.503. The van der Waals surface area contributed by atoms with Crippen molar-refractivity contribution in [2.45, 2.75) is 71.5 Å². The van der Waals surface area contributed by atoms with Gasteiger partial charge in [-0.05, 0) is 68.5 Å². The van der Waals surface area contributed by atoms with Gasteiger partial charge in [0.1, 0.15) is 18.3 Å². The van der Waals surface area contributed by atoms with Gasteiger partial charge in [0.25, 0.3) is 0 Å². The maximum absolute atomic E-state index is 13.8. The van der Waals surface area contributed by atoms with Crippen molar-refractivity contribution in [1.82, 2.24) is 10.2 Å². The molecular formula is C28H39N3O5S. The molecule has 0 radical (unpaired) electrons. The predicted molar refractivity (Wildman–Crippen MR) is 146 cm³/mol. The van der Waals surface area contributed by atoms with Crippen LogP contribution < -0.4 is 14.4 Å². The summed E-state index contributed by atoms with van der Waals surface area (Å²) in [7, 11) is -2.19. The number of ether oxygens (including phenoxy) is 1. The van der Waals surface area contributed by atoms with Crippen LogP contribution in [-0.2, 0) is 26.2 Å². The molecule has 2 amide bonds. The zero-order chi connectivity index (χ0) is 27.2. The van der Waals surface area contributed by atoms with E-state index in [1.165, 1.54) is 11.3 Å². The van der Waals surface area contributed by atoms with E-state index in [4.69, 9.17) is 4.74 Å². The second-order valence-corrected chi connectivity index (χ2v) is 11.8. The van der Waals surface area contributed by atoms with E-state index in [0.29, 0.717) is 11.4 Å². The summed E-state index contributed by atoms with van der Waals surface area (Å²) in [5.74, 6) is 0.00253. The van der Waals surface area contributed by atoms with Crippen molar-refractivity contribution < 1.29 is 22.7 Å². The molecule has 1 fully saturated rings. The number of anilines is 1. The molecule has 0 bridgehead atoms. The maximum atomic E-state index is 13.8. The molecule has 1 atom stereocenters. The molecule has 1 aliphatic carbocycles. The zero-order valence-electron chi connectivity index (χ0n) is 22.5. The van der Waals surface area contributed by atoms with Gasteiger partial charge in [0.05, 0.1) is 19.1 Å². The standard InChI is InChI=1S/C28H39N3O5S/c1-20-10-9-13-26(21(20)2)31(37(5,34)35)19-27(32)30(18-23-14-16-25(36-4)17-15-23)22(3)28(33)29-24-11-7-6-8-12-24/h9-10,13-17,22,24H,6-8,11-12,18-19H2,1-5H3,(H,29,33)/t22-/m1/s1. The lowest BCUT2D eigenvalue weighted by molar-refractivity contribution is -0.139. The van der Waals surface area contributed by atoms with E-state index < -0.39 is 28.5 Å². The zero-order valence-corrected chi connectivity index (χ0v) is 23.3. The van der Waals surface area contributed by atoms with E-state index in [-0.39, 0.29) is 18.5 Å². The van der Waals surface area contributed by atoms with Gasteiger partial charge in [0.15, 0.2) is 0 Å². The molecule has 2 aromatic carbocycles. The average molecular weight is 530 g/mol. The van der Waals surface area contributed by atoms with E-state index in [1.807, 2.05) is 32.0 Å². The number of nitrogens with zero attached hydrogens (tertiary/aromatic N) is 2. The number of carbonyl (C=O) groups excluding carboxylic acids is 2. The number of aryl methyl sites for hydroxylation is 1. The molecule has 37 heavy (non-hydrogen) atoms. The lowest BCUT2D eigenvalue weighted by atomic mass is 9.95. The van der Waals surface area contributed by atoms with Crippen LogP contribution in [0.3, 0.4) is 0 Å². The van der Waals surface area contributed by atoms with Gasteiger partial charge in [0.2, 0.25) is 21.8 Å². The Morgan fingerprint density at radius 1 is 1.05 bits per heavy atom. The third kappa shape index (κ3) is 7.47. The van der Waals surface area contributed by atoms with Gasteiger partial charge in [0, 0.05) is 12.6 Å². The first-order valence-electron chi connectivity index (χ1n) is 12.8. The molecule has 1 N–H and O–H groups in total. The van der Waals surface area contributed by atoms with Crippen LogP contribution in [0.1, 0.15) is 55.7 Å². The third-order valence-electron chi connectivity index (χ3n) is 7.15. The van der Waals surface area contributed by atoms with E-state index in [9.17, 15) is 18.0 Å². The Labute approximate surface area is 221 Å². The summed E-state index contributed by atoms with van der Waals surface area (Å²) in [5, 5.41) is 3.11. The molecule has 2 aromatic rings. The normalized spacial score (nSPS) is 15.1. The molecule has 0 unspecified atom stereocenters. The Morgan fingerprint density at radius 2 is 1.70 bits per heavy atom. The minimum Gasteiger partial charge on any atom is -0.497 e. The van der Waals surface area contributed by atoms with Crippen LogP contribution >= 0.6 is 0 Å². The SMILES string of the molecule is COc1ccc(CN(C(=O)CN(c2cccc(C)c2C)S(C)(=O)=O)[C@H](C)C(=O)NC2CCCCC2)cc1. The summed E-state index contributed by atoms with van der Waals surface area (Å²) in [6.07, 6.45) is 6.28. The van der Waals surface area contributed by atoms with Gasteiger partial charge in [-0.25, -0.2) is 8.42 Å². The highest BCUT2D eigenvalue weighted by atomic mass is 32.2. The number of amides is 2. The number of sulfonamides is 1. The Balaban J connectivity index is 1.90. The van der Waals surface area contributed by atoms with E-state index in [2.05, 4.69) is 5.32 Å². The Morgan fingerprint density at radius 3 is 2.30 bits per heavy atom. The fourth-order valence-corrected chi connectivity index (χ4v) is 5.58. The summed E-state index contributed by atoms with van der Waals surface area (Å²) in [4.78, 5) is 28.5. The smallest absolute Gasteiger partial charge is 0.244 e. The van der Waals surface area contributed by atoms with E-state index in [1.54, 1.807) is 38.3 Å². The first-order chi connectivity index (χ1) is 17.5. The molecule has 8 nitrogen and oxygen atoms in total. The van der Waals surface area contributed by atoms with Gasteiger partial charge in [-0.1, -0.05) is 43.5 Å². The van der Waals surface area contributed by atoms with Crippen molar-refractivity contribution in [2.24, 2.45) is 0 Å². The van der Waals surface area contributed by atoms with E-state index >= 15 is 0 Å². The van der Waals surface area contributed by atoms with Crippen molar-refractivity contribution >= 4 is 27.5 Å². The monoisotopic (exact) mass is 529 g/mol. The van der Waals surface area contributed by atoms with Crippen LogP contribution in [0.25, 0.3) is 0 Å². The molecule has 1 aliphatic rings. The molecule has 3 rings (SSSR count). The average Bonchev–Trinajstić information content (AvgIpc) is 2.87. The van der Waals surface area contributed by atoms with Crippen LogP contribution in [0.2, 0.25) is 0 Å². The van der Waals surface area contributed by atoms with Crippen molar-refractivity contribution in [3.8, 4) is 5.75 Å². The predicted octanol–water partition coefficient (Wildman–Crippen LogP) is 3.94. The highest BCUT2D eigenvalue weighted by Crippen LogP contribution is 2.26. The fourth-order valence-electron chi connectivity index (χ4n) is 4.68. The molecule has 0 aromatic heterocycles. The molecular weight excluding hydrogens is 490 g/mol. The maximum Gasteiger partial charge on any atom is 0.244 e. The first kappa shape index (κ1) is 28.5. The Bertz CT molecular complexity index is 1190. The van der Waals surface area contributed by atoms with Gasteiger partial charge in [-0.15, -0.1) is 0 Å². The van der Waals surface area contributed by atoms with Crippen LogP contribution in [0, 0.1) is 13.8 Å². The minimum atomic E-state index is -3.77. The molecule has 0 spiro atoms. The molecule has 0 heterocycles. The second-order valence-electron chi connectivity index (χ2n) is 9.88. The van der Waals surface area contributed by atoms with Gasteiger partial charge >= 0.3 is 0 Å². The van der Waals surface area contributed by atoms with Crippen LogP contribution in [0.15, 0.2) is 42.5 Å². The highest BCUT2D eigenvalue weighted by Gasteiger charge is 2.31. The number of hydrogen-bond acceptors (Lipinski definition) is 5. The van der Waals surface area contributed by atoms with Crippen molar-refractivity contribution in [2.75, 3.05) is 24.2 Å². The summed E-state index contributed by atoms with van der Waals surface area (Å²) in [6, 6.07) is 12.0. The number of methoxy groups -OCH3 is 1. The molecule has 202 valence electrons. The lowest BCUT2D eigenvalue weighted by Crippen LogP contribution is -2.53. The van der Waals surface area contributed by atoms with Crippen molar-refractivity contribution in [1.29, 1.82) is 0 Å². The number of hydrogen-bond donors (Lipinski definition) is 1.